The Morgan fingerprint density at radius 2 is 1.76 bits per heavy atom. The summed E-state index contributed by atoms with van der Waals surface area (Å²) >= 11 is 12.0. The third kappa shape index (κ3) is 5.47. The highest BCUT2D eigenvalue weighted by Gasteiger charge is 2.40. The molecule has 2 heterocycles. The Morgan fingerprint density at radius 1 is 1.16 bits per heavy atom. The summed E-state index contributed by atoms with van der Waals surface area (Å²) in [6.07, 6.45) is 1.09. The minimum atomic E-state index is -0.933. The second-order valence-corrected chi connectivity index (χ2v) is 8.55. The average Bonchev–Trinajstić information content (AvgIpc) is 3.01. The Morgan fingerprint density at radius 3 is 2.28 bits per heavy atom. The highest BCUT2D eigenvalue weighted by atomic mass is 35.5. The summed E-state index contributed by atoms with van der Waals surface area (Å²) in [6, 6.07) is 3.42. The number of hydrogen-bond acceptors (Lipinski definition) is 4. The molecule has 140 valence electrons. The summed E-state index contributed by atoms with van der Waals surface area (Å²) in [7, 11) is 0. The smallest absolute Gasteiger partial charge is 0.410 e. The summed E-state index contributed by atoms with van der Waals surface area (Å²) < 4.78 is 12.0. The topological polar surface area (TPSA) is 51.7 Å². The summed E-state index contributed by atoms with van der Waals surface area (Å²) in [5.74, 6) is 0. The van der Waals surface area contributed by atoms with E-state index in [0.29, 0.717) is 10.7 Å². The zero-order chi connectivity index (χ0) is 18.8. The van der Waals surface area contributed by atoms with Gasteiger partial charge in [0.2, 0.25) is 0 Å². The van der Waals surface area contributed by atoms with Crippen LogP contribution in [-0.4, -0.2) is 40.3 Å². The Balaban J connectivity index is 2.28. The van der Waals surface area contributed by atoms with Crippen molar-refractivity contribution in [3.63, 3.8) is 0 Å². The van der Waals surface area contributed by atoms with E-state index in [0.717, 1.165) is 25.9 Å². The molecule has 0 aliphatic carbocycles. The van der Waals surface area contributed by atoms with Crippen molar-refractivity contribution in [3.8, 4) is 0 Å². The summed E-state index contributed by atoms with van der Waals surface area (Å²) in [4.78, 5) is 18.5. The van der Waals surface area contributed by atoms with Gasteiger partial charge in [-0.15, -0.1) is 0 Å². The van der Waals surface area contributed by atoms with Gasteiger partial charge in [0, 0.05) is 13.1 Å². The quantitative estimate of drug-likeness (QED) is 0.660. The molecule has 25 heavy (non-hydrogen) atoms. The van der Waals surface area contributed by atoms with Gasteiger partial charge in [-0.2, -0.15) is 0 Å². The van der Waals surface area contributed by atoms with E-state index in [4.69, 9.17) is 32.7 Å². The molecule has 0 aromatic carbocycles. The number of likely N-dealkylation sites (tertiary alicyclic amines) is 1. The Kier molecular flexibility index (Phi) is 6.23. The van der Waals surface area contributed by atoms with Crippen LogP contribution in [0.1, 0.15) is 59.3 Å². The molecule has 7 heteroatoms. The second-order valence-electron chi connectivity index (χ2n) is 7.78. The van der Waals surface area contributed by atoms with Crippen LogP contribution in [-0.2, 0) is 9.47 Å². The number of halogens is 2. The van der Waals surface area contributed by atoms with E-state index in [9.17, 15) is 4.79 Å². The Bertz CT molecular complexity index is 623. The van der Waals surface area contributed by atoms with Crippen LogP contribution in [0.15, 0.2) is 12.1 Å². The average molecular weight is 389 g/mol. The van der Waals surface area contributed by atoms with Crippen LogP contribution >= 0.6 is 23.2 Å². The van der Waals surface area contributed by atoms with Crippen molar-refractivity contribution in [2.45, 2.75) is 64.8 Å². The van der Waals surface area contributed by atoms with Gasteiger partial charge in [0.1, 0.15) is 16.9 Å². The molecule has 1 atom stereocenters. The van der Waals surface area contributed by atoms with Gasteiger partial charge in [0.25, 0.3) is 0 Å². The number of ether oxygens (including phenoxy) is 2. The van der Waals surface area contributed by atoms with Crippen LogP contribution in [0.25, 0.3) is 0 Å². The van der Waals surface area contributed by atoms with E-state index in [1.807, 2.05) is 34.6 Å². The number of rotatable bonds is 4. The van der Waals surface area contributed by atoms with Gasteiger partial charge in [-0.05, 0) is 59.6 Å². The molecule has 1 fully saturated rings. The molecule has 0 spiro atoms. The van der Waals surface area contributed by atoms with E-state index in [-0.39, 0.29) is 11.2 Å². The molecule has 0 radical (unpaired) electrons. The van der Waals surface area contributed by atoms with Crippen LogP contribution in [0, 0.1) is 0 Å². The lowest BCUT2D eigenvalue weighted by Gasteiger charge is -2.38. The maximum absolute atomic E-state index is 12.5. The fourth-order valence-corrected chi connectivity index (χ4v) is 3.00. The number of nitrogens with zero attached hydrogens (tertiary/aromatic N) is 2. The molecule has 0 N–H and O–H groups in total. The predicted octanol–water partition coefficient (Wildman–Crippen LogP) is 5.26. The van der Waals surface area contributed by atoms with Gasteiger partial charge in [-0.3, -0.25) is 0 Å². The van der Waals surface area contributed by atoms with Gasteiger partial charge in [0.15, 0.2) is 0 Å². The maximum Gasteiger partial charge on any atom is 0.410 e. The van der Waals surface area contributed by atoms with Crippen LogP contribution in [0.3, 0.4) is 0 Å². The number of aromatic nitrogens is 1. The lowest BCUT2D eigenvalue weighted by molar-refractivity contribution is -0.154. The van der Waals surface area contributed by atoms with Gasteiger partial charge in [-0.25, -0.2) is 9.78 Å². The molecular formula is C18H26Cl2N2O3. The first-order valence-electron chi connectivity index (χ1n) is 8.47. The summed E-state index contributed by atoms with van der Waals surface area (Å²) in [5.41, 5.74) is -0.823. The Labute approximate surface area is 159 Å². The van der Waals surface area contributed by atoms with E-state index >= 15 is 0 Å². The molecule has 1 aromatic heterocycles. The first-order chi connectivity index (χ1) is 11.5. The van der Waals surface area contributed by atoms with Crippen LogP contribution in [0.4, 0.5) is 4.79 Å². The molecule has 1 unspecified atom stereocenters. The monoisotopic (exact) mass is 388 g/mol. The summed E-state index contributed by atoms with van der Waals surface area (Å²) in [5, 5.41) is 0.565. The first-order valence-corrected chi connectivity index (χ1v) is 9.23. The SMILES string of the molecule is CC(C)(C)OC(c1ccc(Cl)c(Cl)n1)C(C)(C)OC(=O)N1CCCC1. The third-order valence-corrected chi connectivity index (χ3v) is 4.60. The number of amides is 1. The molecule has 1 aromatic rings. The van der Waals surface area contributed by atoms with Crippen molar-refractivity contribution in [2.24, 2.45) is 0 Å². The zero-order valence-corrected chi connectivity index (χ0v) is 16.9. The van der Waals surface area contributed by atoms with Gasteiger partial charge < -0.3 is 14.4 Å². The van der Waals surface area contributed by atoms with Gasteiger partial charge >= 0.3 is 6.09 Å². The first kappa shape index (κ1) is 20.3. The van der Waals surface area contributed by atoms with E-state index in [2.05, 4.69) is 4.98 Å². The largest absolute Gasteiger partial charge is 0.440 e. The normalized spacial score (nSPS) is 16.8. The van der Waals surface area contributed by atoms with Crippen molar-refractivity contribution < 1.29 is 14.3 Å². The molecule has 1 amide bonds. The molecule has 1 aliphatic heterocycles. The number of pyridine rings is 1. The number of hydrogen-bond donors (Lipinski definition) is 0. The lowest BCUT2D eigenvalue weighted by atomic mass is 9.96. The molecule has 1 aliphatic rings. The second kappa shape index (κ2) is 7.68. The van der Waals surface area contributed by atoms with Crippen molar-refractivity contribution in [1.82, 2.24) is 9.88 Å². The van der Waals surface area contributed by atoms with Crippen molar-refractivity contribution >= 4 is 29.3 Å². The predicted molar refractivity (Wildman–Crippen MR) is 99.2 cm³/mol. The number of carbonyl (C=O) groups excluding carboxylic acids is 1. The molecule has 5 nitrogen and oxygen atoms in total. The fourth-order valence-electron chi connectivity index (χ4n) is 2.73. The van der Waals surface area contributed by atoms with Crippen molar-refractivity contribution in [2.75, 3.05) is 13.1 Å². The molecule has 2 rings (SSSR count). The van der Waals surface area contributed by atoms with Crippen molar-refractivity contribution in [1.29, 1.82) is 0 Å². The van der Waals surface area contributed by atoms with Crippen molar-refractivity contribution in [3.05, 3.63) is 28.0 Å². The van der Waals surface area contributed by atoms with Crippen LogP contribution in [0.5, 0.6) is 0 Å². The Hall–Kier alpha value is -1.04. The van der Waals surface area contributed by atoms with Gasteiger partial charge in [0.05, 0.1) is 16.3 Å². The highest BCUT2D eigenvalue weighted by molar-refractivity contribution is 6.41. The molecule has 1 saturated heterocycles. The lowest BCUT2D eigenvalue weighted by Crippen LogP contribution is -2.43. The molecule has 0 saturated carbocycles. The van der Waals surface area contributed by atoms with E-state index < -0.39 is 17.3 Å². The molecule has 0 bridgehead atoms. The minimum Gasteiger partial charge on any atom is -0.440 e. The zero-order valence-electron chi connectivity index (χ0n) is 15.4. The van der Waals surface area contributed by atoms with E-state index in [1.165, 1.54) is 0 Å². The maximum atomic E-state index is 12.5. The highest BCUT2D eigenvalue weighted by Crippen LogP contribution is 2.37. The summed E-state index contributed by atoms with van der Waals surface area (Å²) in [6.45, 7) is 10.9. The third-order valence-electron chi connectivity index (χ3n) is 3.91. The van der Waals surface area contributed by atoms with Crippen LogP contribution in [0.2, 0.25) is 10.2 Å². The standard InChI is InChI=1S/C18H26Cl2N2O3/c1-17(2,3)24-14(13-9-8-12(19)15(20)21-13)18(4,5)25-16(23)22-10-6-7-11-22/h8-9,14H,6-7,10-11H2,1-5H3. The number of carbonyl (C=O) groups is 1. The minimum absolute atomic E-state index is 0.198. The van der Waals surface area contributed by atoms with Gasteiger partial charge in [-0.1, -0.05) is 23.2 Å². The van der Waals surface area contributed by atoms with E-state index in [1.54, 1.807) is 17.0 Å². The van der Waals surface area contributed by atoms with Crippen LogP contribution < -0.4 is 0 Å². The fraction of sp³-hybridized carbons (Fsp3) is 0.667. The molecular weight excluding hydrogens is 363 g/mol.